The van der Waals surface area contributed by atoms with Crippen LogP contribution < -0.4 is 4.74 Å². The number of rotatable bonds is 3. The topological polar surface area (TPSA) is 46.5 Å². The van der Waals surface area contributed by atoms with E-state index in [1.807, 2.05) is 0 Å². The number of hydrogen-bond donors (Lipinski definition) is 1. The van der Waals surface area contributed by atoms with Crippen LogP contribution in [0.1, 0.15) is 18.4 Å². The first kappa shape index (κ1) is 12.8. The Morgan fingerprint density at radius 2 is 2.14 bits per heavy atom. The quantitative estimate of drug-likeness (QED) is 0.844. The van der Waals surface area contributed by atoms with Gasteiger partial charge >= 0.3 is 5.97 Å². The van der Waals surface area contributed by atoms with Crippen LogP contribution in [0.2, 0.25) is 0 Å². The lowest BCUT2D eigenvalue weighted by Crippen LogP contribution is -2.07. The molecule has 0 fully saturated rings. The molecule has 0 amide bonds. The van der Waals surface area contributed by atoms with E-state index in [-0.39, 0.29) is 12.4 Å². The number of ether oxygens (including phenoxy) is 1. The Hall–Kier alpha value is -1.22. The van der Waals surface area contributed by atoms with E-state index in [1.165, 1.54) is 0 Å². The summed E-state index contributed by atoms with van der Waals surface area (Å²) in [4.78, 5) is 10.7. The van der Waals surface area contributed by atoms with Gasteiger partial charge in [0, 0.05) is 0 Å². The zero-order valence-corrected chi connectivity index (χ0v) is 8.88. The van der Waals surface area contributed by atoms with Crippen molar-refractivity contribution in [3.63, 3.8) is 0 Å². The number of aliphatic carboxylic acids is 1. The number of halogens is 1. The minimum atomic E-state index is -0.826. The Bertz CT molecular complexity index is 312. The number of carbonyl (C=O) groups is 1. The van der Waals surface area contributed by atoms with Crippen molar-refractivity contribution >= 4 is 18.4 Å². The van der Waals surface area contributed by atoms with Crippen molar-refractivity contribution in [2.75, 3.05) is 7.11 Å². The second-order valence-electron chi connectivity index (χ2n) is 2.84. The Balaban J connectivity index is 0.00000169. The molecule has 1 rings (SSSR count). The average molecular weight is 217 g/mol. The number of carboxylic acids is 1. The van der Waals surface area contributed by atoms with Gasteiger partial charge in [-0.25, -0.2) is 0 Å². The molecule has 1 atom stereocenters. The molecular weight excluding hydrogens is 204 g/mol. The van der Waals surface area contributed by atoms with Crippen LogP contribution in [-0.4, -0.2) is 18.2 Å². The highest BCUT2D eigenvalue weighted by atomic mass is 35.5. The standard InChI is InChI=1S/C10H12O3.ClH/c1-7(10(11)12)8-4-3-5-9(6-8)13-2;/h3-7H,1-2H3,(H,11,12);1H. The Morgan fingerprint density at radius 1 is 1.50 bits per heavy atom. The van der Waals surface area contributed by atoms with Crippen LogP contribution in [0, 0.1) is 0 Å². The van der Waals surface area contributed by atoms with Crippen molar-refractivity contribution in [1.29, 1.82) is 0 Å². The Kier molecular flexibility index (Phi) is 5.02. The molecular formula is C10H13ClO3. The molecule has 0 radical (unpaired) electrons. The van der Waals surface area contributed by atoms with Gasteiger partial charge in [0.05, 0.1) is 13.0 Å². The van der Waals surface area contributed by atoms with Crippen LogP contribution >= 0.6 is 12.4 Å². The van der Waals surface area contributed by atoms with Crippen LogP contribution in [-0.2, 0) is 4.79 Å². The predicted octanol–water partition coefficient (Wildman–Crippen LogP) is 2.31. The van der Waals surface area contributed by atoms with E-state index < -0.39 is 11.9 Å². The monoisotopic (exact) mass is 216 g/mol. The van der Waals surface area contributed by atoms with Gasteiger partial charge in [-0.2, -0.15) is 0 Å². The van der Waals surface area contributed by atoms with Gasteiger partial charge in [-0.15, -0.1) is 12.4 Å². The molecule has 0 bridgehead atoms. The van der Waals surface area contributed by atoms with E-state index in [0.717, 1.165) is 5.56 Å². The Labute approximate surface area is 89.1 Å². The van der Waals surface area contributed by atoms with E-state index in [0.29, 0.717) is 5.75 Å². The van der Waals surface area contributed by atoms with Crippen molar-refractivity contribution in [3.05, 3.63) is 29.8 Å². The lowest BCUT2D eigenvalue weighted by molar-refractivity contribution is -0.138. The largest absolute Gasteiger partial charge is 0.497 e. The summed E-state index contributed by atoms with van der Waals surface area (Å²) in [6.07, 6.45) is 0. The predicted molar refractivity (Wildman–Crippen MR) is 56.3 cm³/mol. The molecule has 0 aliphatic rings. The molecule has 1 aromatic rings. The normalized spacial score (nSPS) is 11.3. The van der Waals surface area contributed by atoms with Gasteiger partial charge in [0.2, 0.25) is 0 Å². The third-order valence-electron chi connectivity index (χ3n) is 1.96. The second kappa shape index (κ2) is 5.50. The van der Waals surface area contributed by atoms with Gasteiger partial charge in [0.1, 0.15) is 5.75 Å². The Morgan fingerprint density at radius 3 is 2.64 bits per heavy atom. The summed E-state index contributed by atoms with van der Waals surface area (Å²) in [6, 6.07) is 7.09. The molecule has 1 N–H and O–H groups in total. The molecule has 0 spiro atoms. The average Bonchev–Trinajstić information content (AvgIpc) is 2.16. The fourth-order valence-electron chi connectivity index (χ4n) is 1.05. The molecule has 1 unspecified atom stereocenters. The third kappa shape index (κ3) is 2.92. The molecule has 1 aromatic carbocycles. The van der Waals surface area contributed by atoms with E-state index >= 15 is 0 Å². The molecule has 78 valence electrons. The zero-order valence-electron chi connectivity index (χ0n) is 8.06. The van der Waals surface area contributed by atoms with Gasteiger partial charge in [-0.1, -0.05) is 12.1 Å². The summed E-state index contributed by atoms with van der Waals surface area (Å²) in [5, 5.41) is 8.76. The zero-order chi connectivity index (χ0) is 9.84. The summed E-state index contributed by atoms with van der Waals surface area (Å²) in [5.41, 5.74) is 0.756. The first-order valence-electron chi connectivity index (χ1n) is 4.02. The highest BCUT2D eigenvalue weighted by molar-refractivity contribution is 5.85. The molecule has 4 heteroatoms. The summed E-state index contributed by atoms with van der Waals surface area (Å²) in [5.74, 6) is -0.631. The van der Waals surface area contributed by atoms with Gasteiger partial charge in [0.25, 0.3) is 0 Å². The molecule has 0 aromatic heterocycles. The molecule has 14 heavy (non-hydrogen) atoms. The summed E-state index contributed by atoms with van der Waals surface area (Å²) >= 11 is 0. The number of hydrogen-bond acceptors (Lipinski definition) is 2. The highest BCUT2D eigenvalue weighted by Crippen LogP contribution is 2.20. The van der Waals surface area contributed by atoms with Crippen molar-refractivity contribution < 1.29 is 14.6 Å². The van der Waals surface area contributed by atoms with Crippen LogP contribution in [0.4, 0.5) is 0 Å². The van der Waals surface area contributed by atoms with Crippen molar-refractivity contribution in [1.82, 2.24) is 0 Å². The molecule has 0 aliphatic carbocycles. The summed E-state index contributed by atoms with van der Waals surface area (Å²) in [7, 11) is 1.56. The highest BCUT2D eigenvalue weighted by Gasteiger charge is 2.13. The van der Waals surface area contributed by atoms with Crippen molar-refractivity contribution in [3.8, 4) is 5.75 Å². The van der Waals surface area contributed by atoms with E-state index in [9.17, 15) is 4.79 Å². The lowest BCUT2D eigenvalue weighted by Gasteiger charge is -2.07. The number of carboxylic acid groups (broad SMARTS) is 1. The summed E-state index contributed by atoms with van der Waals surface area (Å²) in [6.45, 7) is 1.65. The van der Waals surface area contributed by atoms with Gasteiger partial charge in [-0.05, 0) is 24.6 Å². The maximum atomic E-state index is 10.7. The van der Waals surface area contributed by atoms with Crippen LogP contribution in [0.5, 0.6) is 5.75 Å². The van der Waals surface area contributed by atoms with Crippen LogP contribution in [0.25, 0.3) is 0 Å². The second-order valence-corrected chi connectivity index (χ2v) is 2.84. The fraction of sp³-hybridized carbons (Fsp3) is 0.300. The van der Waals surface area contributed by atoms with Gasteiger partial charge < -0.3 is 9.84 Å². The van der Waals surface area contributed by atoms with Gasteiger partial charge in [0.15, 0.2) is 0 Å². The van der Waals surface area contributed by atoms with E-state index in [1.54, 1.807) is 38.3 Å². The minimum absolute atomic E-state index is 0. The van der Waals surface area contributed by atoms with Crippen molar-refractivity contribution in [2.45, 2.75) is 12.8 Å². The summed E-state index contributed by atoms with van der Waals surface area (Å²) < 4.78 is 4.99. The first-order chi connectivity index (χ1) is 6.15. The van der Waals surface area contributed by atoms with Crippen LogP contribution in [0.15, 0.2) is 24.3 Å². The SMILES string of the molecule is COc1cccc(C(C)C(=O)O)c1.Cl. The van der Waals surface area contributed by atoms with Crippen LogP contribution in [0.3, 0.4) is 0 Å². The van der Waals surface area contributed by atoms with Crippen molar-refractivity contribution in [2.24, 2.45) is 0 Å². The van der Waals surface area contributed by atoms with Gasteiger partial charge in [-0.3, -0.25) is 4.79 Å². The lowest BCUT2D eigenvalue weighted by atomic mass is 10.0. The third-order valence-corrected chi connectivity index (χ3v) is 1.96. The molecule has 3 nitrogen and oxygen atoms in total. The molecule has 0 heterocycles. The number of methoxy groups -OCH3 is 1. The maximum Gasteiger partial charge on any atom is 0.310 e. The minimum Gasteiger partial charge on any atom is -0.497 e. The van der Waals surface area contributed by atoms with E-state index in [4.69, 9.17) is 9.84 Å². The molecule has 0 aliphatic heterocycles. The smallest absolute Gasteiger partial charge is 0.310 e. The first-order valence-corrected chi connectivity index (χ1v) is 4.02. The van der Waals surface area contributed by atoms with E-state index in [2.05, 4.69) is 0 Å². The molecule has 0 saturated carbocycles. The number of benzene rings is 1. The maximum absolute atomic E-state index is 10.7. The fourth-order valence-corrected chi connectivity index (χ4v) is 1.05. The molecule has 0 saturated heterocycles.